The Morgan fingerprint density at radius 1 is 1.38 bits per heavy atom. The van der Waals surface area contributed by atoms with Gasteiger partial charge >= 0.3 is 0 Å². The highest BCUT2D eigenvalue weighted by molar-refractivity contribution is 7.73. The first kappa shape index (κ1) is 17.4. The van der Waals surface area contributed by atoms with Crippen LogP contribution in [0.3, 0.4) is 0 Å². The van der Waals surface area contributed by atoms with Crippen LogP contribution in [0.4, 0.5) is 10.8 Å². The lowest BCUT2D eigenvalue weighted by molar-refractivity contribution is 0.101. The zero-order valence-electron chi connectivity index (χ0n) is 14.2. The summed E-state index contributed by atoms with van der Waals surface area (Å²) in [5, 5.41) is 8.79. The molecule has 0 amide bonds. The normalized spacial score (nSPS) is 18.5. The maximum absolute atomic E-state index is 5.51. The van der Waals surface area contributed by atoms with Gasteiger partial charge in [-0.25, -0.2) is 4.68 Å². The molecule has 1 N–H and O–H groups in total. The van der Waals surface area contributed by atoms with Gasteiger partial charge in [0.2, 0.25) is 5.13 Å². The van der Waals surface area contributed by atoms with Gasteiger partial charge in [0.1, 0.15) is 5.75 Å². The van der Waals surface area contributed by atoms with E-state index in [9.17, 15) is 0 Å². The molecule has 1 aromatic heterocycles. The molecule has 5 nitrogen and oxygen atoms in total. The lowest BCUT2D eigenvalue weighted by atomic mass is 10.0. The van der Waals surface area contributed by atoms with Gasteiger partial charge in [0.15, 0.2) is 3.95 Å². The number of hydrogen-bond acceptors (Lipinski definition) is 6. The first-order valence-electron chi connectivity index (χ1n) is 8.43. The second-order valence-electron chi connectivity index (χ2n) is 6.01. The molecule has 7 heteroatoms. The van der Waals surface area contributed by atoms with Gasteiger partial charge in [-0.1, -0.05) is 36.8 Å². The molecule has 3 rings (SSSR count). The van der Waals surface area contributed by atoms with E-state index in [0.29, 0.717) is 6.04 Å². The highest BCUT2D eigenvalue weighted by Gasteiger charge is 2.21. The number of nitrogens with one attached hydrogen (secondary N) is 1. The number of nitrogens with zero attached hydrogens (tertiary/aromatic N) is 3. The van der Waals surface area contributed by atoms with Gasteiger partial charge in [-0.3, -0.25) is 4.90 Å². The molecule has 2 aromatic rings. The topological polar surface area (TPSA) is 42.3 Å². The standard InChI is InChI=1S/C17H24N4OS2/c1-3-13-8-6-7-11-20(13)12-21-17(23)24-16(19-21)18-14-9-4-5-10-15(14)22-2/h4-5,9-10,13H,3,6-8,11-12H2,1-2H3,(H,18,19)/t13-/m0/s1. The SMILES string of the molecule is CC[C@H]1CCCCN1Cn1nc(Nc2ccccc2OC)sc1=S. The number of para-hydroxylation sites is 2. The number of anilines is 2. The Morgan fingerprint density at radius 2 is 2.21 bits per heavy atom. The Morgan fingerprint density at radius 3 is 3.00 bits per heavy atom. The van der Waals surface area contributed by atoms with Crippen LogP contribution in [-0.4, -0.2) is 34.4 Å². The molecule has 0 bridgehead atoms. The van der Waals surface area contributed by atoms with Gasteiger partial charge in [0.05, 0.1) is 19.5 Å². The van der Waals surface area contributed by atoms with Crippen LogP contribution in [-0.2, 0) is 6.67 Å². The smallest absolute Gasteiger partial charge is 0.209 e. The van der Waals surface area contributed by atoms with E-state index >= 15 is 0 Å². The van der Waals surface area contributed by atoms with Crippen LogP contribution in [0.15, 0.2) is 24.3 Å². The molecule has 0 aliphatic carbocycles. The minimum atomic E-state index is 0.646. The summed E-state index contributed by atoms with van der Waals surface area (Å²) in [6.07, 6.45) is 5.06. The third-order valence-corrected chi connectivity index (χ3v) is 5.71. The molecule has 1 aromatic carbocycles. The number of likely N-dealkylation sites (tertiary alicyclic amines) is 1. The molecule has 130 valence electrons. The number of ether oxygens (including phenoxy) is 1. The van der Waals surface area contributed by atoms with Crippen molar-refractivity contribution >= 4 is 34.4 Å². The molecule has 1 saturated heterocycles. The van der Waals surface area contributed by atoms with Crippen LogP contribution >= 0.6 is 23.6 Å². The fourth-order valence-corrected chi connectivity index (χ4v) is 4.19. The first-order valence-corrected chi connectivity index (χ1v) is 9.65. The number of piperidine rings is 1. The zero-order valence-corrected chi connectivity index (χ0v) is 15.8. The van der Waals surface area contributed by atoms with Crippen molar-refractivity contribution in [1.29, 1.82) is 0 Å². The third kappa shape index (κ3) is 3.96. The summed E-state index contributed by atoms with van der Waals surface area (Å²) in [7, 11) is 1.67. The van der Waals surface area contributed by atoms with Gasteiger partial charge in [-0.2, -0.15) is 0 Å². The first-order chi connectivity index (χ1) is 11.7. The van der Waals surface area contributed by atoms with Gasteiger partial charge in [-0.15, -0.1) is 5.10 Å². The predicted octanol–water partition coefficient (Wildman–Crippen LogP) is 4.65. The molecule has 1 aliphatic heterocycles. The van der Waals surface area contributed by atoms with Crippen LogP contribution in [0.2, 0.25) is 0 Å². The van der Waals surface area contributed by atoms with Crippen LogP contribution < -0.4 is 10.1 Å². The Kier molecular flexibility index (Phi) is 5.86. The average molecular weight is 365 g/mol. The van der Waals surface area contributed by atoms with E-state index in [1.165, 1.54) is 37.0 Å². The Bertz CT molecular complexity index is 727. The van der Waals surface area contributed by atoms with Crippen LogP contribution in [0, 0.1) is 3.95 Å². The van der Waals surface area contributed by atoms with E-state index in [0.717, 1.165) is 33.7 Å². The van der Waals surface area contributed by atoms with Crippen LogP contribution in [0.25, 0.3) is 0 Å². The molecule has 1 atom stereocenters. The molecule has 0 saturated carbocycles. The van der Waals surface area contributed by atoms with E-state index in [1.807, 2.05) is 28.9 Å². The monoisotopic (exact) mass is 364 g/mol. The van der Waals surface area contributed by atoms with Crippen molar-refractivity contribution in [1.82, 2.24) is 14.7 Å². The largest absolute Gasteiger partial charge is 0.495 e. The summed E-state index contributed by atoms with van der Waals surface area (Å²) in [5.74, 6) is 0.798. The van der Waals surface area contributed by atoms with E-state index in [-0.39, 0.29) is 0 Å². The lowest BCUT2D eigenvalue weighted by Crippen LogP contribution is -2.40. The van der Waals surface area contributed by atoms with E-state index in [1.54, 1.807) is 7.11 Å². The quantitative estimate of drug-likeness (QED) is 0.756. The second kappa shape index (κ2) is 8.09. The average Bonchev–Trinajstić information content (AvgIpc) is 2.95. The van der Waals surface area contributed by atoms with Crippen molar-refractivity contribution in [3.8, 4) is 5.75 Å². The summed E-state index contributed by atoms with van der Waals surface area (Å²) in [6, 6.07) is 8.48. The van der Waals surface area contributed by atoms with E-state index < -0.39 is 0 Å². The van der Waals surface area contributed by atoms with Crippen molar-refractivity contribution in [2.75, 3.05) is 19.0 Å². The number of rotatable bonds is 6. The minimum absolute atomic E-state index is 0.646. The maximum Gasteiger partial charge on any atom is 0.209 e. The molecular weight excluding hydrogens is 340 g/mol. The van der Waals surface area contributed by atoms with Crippen molar-refractivity contribution in [3.63, 3.8) is 0 Å². The fourth-order valence-electron chi connectivity index (χ4n) is 3.19. The Labute approximate surface area is 152 Å². The molecule has 24 heavy (non-hydrogen) atoms. The highest BCUT2D eigenvalue weighted by atomic mass is 32.1. The van der Waals surface area contributed by atoms with Crippen molar-refractivity contribution in [2.45, 2.75) is 45.3 Å². The van der Waals surface area contributed by atoms with E-state index in [4.69, 9.17) is 17.0 Å². The summed E-state index contributed by atoms with van der Waals surface area (Å²) >= 11 is 7.01. The number of methoxy groups -OCH3 is 1. The zero-order chi connectivity index (χ0) is 16.9. The second-order valence-corrected chi connectivity index (χ2v) is 7.63. The van der Waals surface area contributed by atoms with Crippen molar-refractivity contribution < 1.29 is 4.74 Å². The minimum Gasteiger partial charge on any atom is -0.495 e. The number of aromatic nitrogens is 2. The van der Waals surface area contributed by atoms with Gasteiger partial charge in [0.25, 0.3) is 0 Å². The summed E-state index contributed by atoms with van der Waals surface area (Å²) in [6.45, 7) is 4.17. The van der Waals surface area contributed by atoms with Gasteiger partial charge in [0, 0.05) is 12.6 Å². The summed E-state index contributed by atoms with van der Waals surface area (Å²) in [5.41, 5.74) is 0.903. The number of benzene rings is 1. The van der Waals surface area contributed by atoms with Crippen LogP contribution in [0.5, 0.6) is 5.75 Å². The molecule has 0 radical (unpaired) electrons. The third-order valence-electron chi connectivity index (χ3n) is 4.49. The van der Waals surface area contributed by atoms with Gasteiger partial charge < -0.3 is 10.1 Å². The van der Waals surface area contributed by atoms with Crippen LogP contribution in [0.1, 0.15) is 32.6 Å². The molecule has 0 spiro atoms. The Hall–Kier alpha value is -1.44. The highest BCUT2D eigenvalue weighted by Crippen LogP contribution is 2.28. The Balaban J connectivity index is 1.74. The molecule has 1 fully saturated rings. The fraction of sp³-hybridized carbons (Fsp3) is 0.529. The lowest BCUT2D eigenvalue weighted by Gasteiger charge is -2.34. The molecule has 1 aliphatic rings. The molecular formula is C17H24N4OS2. The molecule has 2 heterocycles. The van der Waals surface area contributed by atoms with Crippen molar-refractivity contribution in [3.05, 3.63) is 28.2 Å². The van der Waals surface area contributed by atoms with Gasteiger partial charge in [-0.05, 0) is 43.6 Å². The summed E-state index contributed by atoms with van der Waals surface area (Å²) < 4.78 is 8.11. The van der Waals surface area contributed by atoms with Crippen molar-refractivity contribution in [2.24, 2.45) is 0 Å². The predicted molar refractivity (Wildman–Crippen MR) is 102 cm³/mol. The van der Waals surface area contributed by atoms with E-state index in [2.05, 4.69) is 22.2 Å². The molecule has 0 unspecified atom stereocenters. The maximum atomic E-state index is 5.51. The summed E-state index contributed by atoms with van der Waals surface area (Å²) in [4.78, 5) is 2.51. The number of hydrogen-bond donors (Lipinski definition) is 1.